The first kappa shape index (κ1) is 13.0. The third-order valence-electron chi connectivity index (χ3n) is 4.53. The maximum atomic E-state index is 12.3. The molecule has 2 N–H and O–H groups in total. The number of benzene rings is 1. The summed E-state index contributed by atoms with van der Waals surface area (Å²) in [6.45, 7) is 1.49. The second-order valence-corrected chi connectivity index (χ2v) is 6.24. The van der Waals surface area contributed by atoms with Crippen molar-refractivity contribution in [1.82, 2.24) is 15.3 Å². The van der Waals surface area contributed by atoms with E-state index < -0.39 is 0 Å². The van der Waals surface area contributed by atoms with Crippen LogP contribution in [0.1, 0.15) is 35.5 Å². The minimum absolute atomic E-state index is 0.0134. The lowest BCUT2D eigenvalue weighted by Gasteiger charge is -2.20. The lowest BCUT2D eigenvalue weighted by atomic mass is 9.94. The summed E-state index contributed by atoms with van der Waals surface area (Å²) in [5.41, 5.74) is 2.58. The summed E-state index contributed by atoms with van der Waals surface area (Å²) in [7, 11) is 0. The number of halogens is 1. The van der Waals surface area contributed by atoms with Crippen molar-refractivity contribution in [1.29, 1.82) is 0 Å². The summed E-state index contributed by atoms with van der Waals surface area (Å²) in [4.78, 5) is 20.1. The van der Waals surface area contributed by atoms with Crippen molar-refractivity contribution in [3.05, 3.63) is 62.3 Å². The average Bonchev–Trinajstić information content (AvgIpc) is 3.29. The van der Waals surface area contributed by atoms with Crippen molar-refractivity contribution in [3.63, 3.8) is 0 Å². The molecule has 1 saturated carbocycles. The smallest absolute Gasteiger partial charge is 0.255 e. The molecule has 2 heterocycles. The summed E-state index contributed by atoms with van der Waals surface area (Å²) in [5.74, 6) is 0.779. The summed E-state index contributed by atoms with van der Waals surface area (Å²) in [6.07, 6.45) is 2.78. The Balaban J connectivity index is 1.86. The van der Waals surface area contributed by atoms with Crippen LogP contribution in [-0.2, 0) is 18.4 Å². The lowest BCUT2D eigenvalue weighted by molar-refractivity contribution is 0.604. The summed E-state index contributed by atoms with van der Waals surface area (Å²) in [6, 6.07) is 7.85. The standard InChI is InChI=1S/C16H16ClN3O/c17-12-4-2-1-3-11(12)16(6-7-16)15-19-13-5-8-18-9-10(13)14(21)20-15/h1-4,18H,5-9H2,(H,19,20,21). The second kappa shape index (κ2) is 4.68. The van der Waals surface area contributed by atoms with Crippen LogP contribution >= 0.6 is 11.6 Å². The molecule has 21 heavy (non-hydrogen) atoms. The molecule has 0 atom stereocenters. The van der Waals surface area contributed by atoms with Crippen LogP contribution in [-0.4, -0.2) is 16.5 Å². The van der Waals surface area contributed by atoms with Crippen molar-refractivity contribution in [2.24, 2.45) is 0 Å². The predicted molar refractivity (Wildman–Crippen MR) is 81.7 cm³/mol. The Labute approximate surface area is 127 Å². The fraction of sp³-hybridized carbons (Fsp3) is 0.375. The minimum Gasteiger partial charge on any atom is -0.312 e. The lowest BCUT2D eigenvalue weighted by Crippen LogP contribution is -2.33. The quantitative estimate of drug-likeness (QED) is 0.893. The van der Waals surface area contributed by atoms with E-state index in [-0.39, 0.29) is 11.0 Å². The van der Waals surface area contributed by atoms with Gasteiger partial charge >= 0.3 is 0 Å². The minimum atomic E-state index is -0.197. The van der Waals surface area contributed by atoms with Gasteiger partial charge in [0.15, 0.2) is 0 Å². The molecule has 0 spiro atoms. The van der Waals surface area contributed by atoms with Gasteiger partial charge in [-0.2, -0.15) is 0 Å². The molecular weight excluding hydrogens is 286 g/mol. The van der Waals surface area contributed by atoms with E-state index in [1.54, 1.807) is 0 Å². The van der Waals surface area contributed by atoms with Crippen molar-refractivity contribution in [2.75, 3.05) is 6.54 Å². The Morgan fingerprint density at radius 2 is 2.05 bits per heavy atom. The molecule has 4 rings (SSSR count). The largest absolute Gasteiger partial charge is 0.312 e. The maximum Gasteiger partial charge on any atom is 0.255 e. The summed E-state index contributed by atoms with van der Waals surface area (Å²) in [5, 5.41) is 3.96. The highest BCUT2D eigenvalue weighted by Crippen LogP contribution is 2.53. The van der Waals surface area contributed by atoms with Gasteiger partial charge in [0, 0.05) is 24.5 Å². The third kappa shape index (κ3) is 2.01. The first-order valence-electron chi connectivity index (χ1n) is 7.29. The monoisotopic (exact) mass is 301 g/mol. The van der Waals surface area contributed by atoms with Gasteiger partial charge in [0.05, 0.1) is 16.7 Å². The highest BCUT2D eigenvalue weighted by molar-refractivity contribution is 6.31. The zero-order valence-electron chi connectivity index (χ0n) is 11.6. The number of nitrogens with one attached hydrogen (secondary N) is 2. The number of nitrogens with zero attached hydrogens (tertiary/aromatic N) is 1. The van der Waals surface area contributed by atoms with Crippen molar-refractivity contribution >= 4 is 11.6 Å². The molecule has 4 nitrogen and oxygen atoms in total. The molecular formula is C16H16ClN3O. The number of rotatable bonds is 2. The molecule has 0 bridgehead atoms. The number of fused-ring (bicyclic) bond motifs is 1. The van der Waals surface area contributed by atoms with E-state index in [0.29, 0.717) is 6.54 Å². The van der Waals surface area contributed by atoms with E-state index in [0.717, 1.165) is 53.5 Å². The number of hydrogen-bond acceptors (Lipinski definition) is 3. The molecule has 0 radical (unpaired) electrons. The van der Waals surface area contributed by atoms with E-state index in [4.69, 9.17) is 16.6 Å². The number of aromatic amines is 1. The molecule has 108 valence electrons. The molecule has 1 aromatic heterocycles. The zero-order valence-corrected chi connectivity index (χ0v) is 12.3. The van der Waals surface area contributed by atoms with Crippen LogP contribution in [0.2, 0.25) is 5.02 Å². The molecule has 0 saturated heterocycles. The molecule has 0 amide bonds. The van der Waals surface area contributed by atoms with Gasteiger partial charge < -0.3 is 10.3 Å². The highest BCUT2D eigenvalue weighted by atomic mass is 35.5. The Morgan fingerprint density at radius 3 is 2.81 bits per heavy atom. The molecule has 1 aliphatic heterocycles. The van der Waals surface area contributed by atoms with Gasteiger partial charge in [-0.3, -0.25) is 4.79 Å². The summed E-state index contributed by atoms with van der Waals surface area (Å²) < 4.78 is 0. The Bertz CT molecular complexity index is 764. The van der Waals surface area contributed by atoms with E-state index in [9.17, 15) is 4.79 Å². The Morgan fingerprint density at radius 1 is 1.24 bits per heavy atom. The van der Waals surface area contributed by atoms with Gasteiger partial charge in [-0.1, -0.05) is 29.8 Å². The van der Waals surface area contributed by atoms with Crippen molar-refractivity contribution < 1.29 is 0 Å². The van der Waals surface area contributed by atoms with E-state index in [2.05, 4.69) is 10.3 Å². The predicted octanol–water partition coefficient (Wildman–Crippen LogP) is 2.15. The molecule has 0 unspecified atom stereocenters. The molecule has 1 aromatic carbocycles. The van der Waals surface area contributed by atoms with Crippen LogP contribution in [0.4, 0.5) is 0 Å². The van der Waals surface area contributed by atoms with Crippen LogP contribution in [0.25, 0.3) is 0 Å². The van der Waals surface area contributed by atoms with Crippen LogP contribution in [0.3, 0.4) is 0 Å². The van der Waals surface area contributed by atoms with Gasteiger partial charge in [0.25, 0.3) is 5.56 Å². The second-order valence-electron chi connectivity index (χ2n) is 5.83. The Hall–Kier alpha value is -1.65. The highest BCUT2D eigenvalue weighted by Gasteiger charge is 2.49. The molecule has 1 aliphatic carbocycles. The zero-order chi connectivity index (χ0) is 14.4. The maximum absolute atomic E-state index is 12.3. The van der Waals surface area contributed by atoms with Crippen LogP contribution < -0.4 is 10.9 Å². The SMILES string of the molecule is O=c1[nH]c(C2(c3ccccc3Cl)CC2)nc2c1CNCC2. The van der Waals surface area contributed by atoms with E-state index >= 15 is 0 Å². The van der Waals surface area contributed by atoms with Gasteiger partial charge in [0.1, 0.15) is 5.82 Å². The molecule has 2 aliphatic rings. The molecule has 2 aromatic rings. The van der Waals surface area contributed by atoms with Crippen LogP contribution in [0, 0.1) is 0 Å². The van der Waals surface area contributed by atoms with Crippen molar-refractivity contribution in [2.45, 2.75) is 31.2 Å². The molecule has 5 heteroatoms. The van der Waals surface area contributed by atoms with E-state index in [1.807, 2.05) is 24.3 Å². The van der Waals surface area contributed by atoms with Crippen LogP contribution in [0.5, 0.6) is 0 Å². The average molecular weight is 302 g/mol. The topological polar surface area (TPSA) is 57.8 Å². The first-order chi connectivity index (χ1) is 10.2. The Kier molecular flexibility index (Phi) is 2.91. The normalized spacial score (nSPS) is 19.1. The van der Waals surface area contributed by atoms with Crippen LogP contribution in [0.15, 0.2) is 29.1 Å². The van der Waals surface area contributed by atoms with Gasteiger partial charge in [-0.15, -0.1) is 0 Å². The van der Waals surface area contributed by atoms with E-state index in [1.165, 1.54) is 0 Å². The van der Waals surface area contributed by atoms with Gasteiger partial charge in [-0.25, -0.2) is 4.98 Å². The van der Waals surface area contributed by atoms with Gasteiger partial charge in [0.2, 0.25) is 0 Å². The number of aromatic nitrogens is 2. The first-order valence-corrected chi connectivity index (χ1v) is 7.67. The van der Waals surface area contributed by atoms with Gasteiger partial charge in [-0.05, 0) is 24.5 Å². The fourth-order valence-electron chi connectivity index (χ4n) is 3.19. The third-order valence-corrected chi connectivity index (χ3v) is 4.86. The number of hydrogen-bond donors (Lipinski definition) is 2. The summed E-state index contributed by atoms with van der Waals surface area (Å²) >= 11 is 6.35. The molecule has 1 fully saturated rings. The number of H-pyrrole nitrogens is 1. The van der Waals surface area contributed by atoms with Crippen molar-refractivity contribution in [3.8, 4) is 0 Å². The fourth-order valence-corrected chi connectivity index (χ4v) is 3.50.